The summed E-state index contributed by atoms with van der Waals surface area (Å²) in [7, 11) is 0. The Morgan fingerprint density at radius 3 is 3.05 bits per heavy atom. The van der Waals surface area contributed by atoms with Crippen LogP contribution in [-0.2, 0) is 9.53 Å². The van der Waals surface area contributed by atoms with Crippen LogP contribution in [0.4, 0.5) is 5.69 Å². The van der Waals surface area contributed by atoms with Gasteiger partial charge in [0, 0.05) is 16.7 Å². The number of hydrogen-bond acceptors (Lipinski definition) is 3. The number of halogens is 1. The maximum atomic E-state index is 12.3. The number of hydrogen-bond donors (Lipinski definition) is 0. The van der Waals surface area contributed by atoms with E-state index in [4.69, 9.17) is 9.47 Å². The predicted molar refractivity (Wildman–Crippen MR) is 85.2 cm³/mol. The molecule has 1 saturated heterocycles. The molecule has 2 unspecified atom stereocenters. The summed E-state index contributed by atoms with van der Waals surface area (Å²) in [5, 5.41) is 0. The Labute approximate surface area is 132 Å². The zero-order chi connectivity index (χ0) is 14.1. The van der Waals surface area contributed by atoms with Crippen LogP contribution in [0.1, 0.15) is 26.2 Å². The summed E-state index contributed by atoms with van der Waals surface area (Å²) in [6, 6.07) is 5.96. The van der Waals surface area contributed by atoms with Crippen molar-refractivity contribution in [1.82, 2.24) is 0 Å². The van der Waals surface area contributed by atoms with Gasteiger partial charge in [-0.1, -0.05) is 0 Å². The third kappa shape index (κ3) is 2.79. The monoisotopic (exact) mass is 387 g/mol. The molecule has 2 atom stereocenters. The van der Waals surface area contributed by atoms with E-state index >= 15 is 0 Å². The summed E-state index contributed by atoms with van der Waals surface area (Å²) < 4.78 is 12.5. The molecule has 1 fully saturated rings. The minimum Gasteiger partial charge on any atom is -0.479 e. The van der Waals surface area contributed by atoms with Crippen molar-refractivity contribution in [3.63, 3.8) is 0 Å². The van der Waals surface area contributed by atoms with Crippen molar-refractivity contribution in [2.75, 3.05) is 18.1 Å². The fourth-order valence-electron chi connectivity index (χ4n) is 2.76. The van der Waals surface area contributed by atoms with Crippen LogP contribution in [-0.4, -0.2) is 31.3 Å². The largest absolute Gasteiger partial charge is 0.479 e. The zero-order valence-electron chi connectivity index (χ0n) is 11.5. The molecular weight excluding hydrogens is 369 g/mol. The van der Waals surface area contributed by atoms with Crippen molar-refractivity contribution in [2.45, 2.75) is 38.4 Å². The van der Waals surface area contributed by atoms with E-state index in [1.165, 1.54) is 0 Å². The second-order valence-corrected chi connectivity index (χ2v) is 6.53. The minimum atomic E-state index is -0.412. The first-order valence-electron chi connectivity index (χ1n) is 7.04. The van der Waals surface area contributed by atoms with Gasteiger partial charge >= 0.3 is 0 Å². The van der Waals surface area contributed by atoms with Gasteiger partial charge in [0.15, 0.2) is 6.10 Å². The second kappa shape index (κ2) is 5.89. The average Bonchev–Trinajstić information content (AvgIpc) is 2.92. The summed E-state index contributed by atoms with van der Waals surface area (Å²) in [5.41, 5.74) is 0.881. The number of carbonyl (C=O) groups is 1. The Hall–Kier alpha value is -0.820. The highest BCUT2D eigenvalue weighted by Gasteiger charge is 2.32. The number of anilines is 1. The van der Waals surface area contributed by atoms with E-state index in [9.17, 15) is 4.79 Å². The van der Waals surface area contributed by atoms with E-state index < -0.39 is 6.10 Å². The number of carbonyl (C=O) groups excluding carboxylic acids is 1. The van der Waals surface area contributed by atoms with Gasteiger partial charge < -0.3 is 14.4 Å². The van der Waals surface area contributed by atoms with Crippen LogP contribution in [0.5, 0.6) is 5.75 Å². The number of nitrogens with zero attached hydrogens (tertiary/aromatic N) is 1. The van der Waals surface area contributed by atoms with Gasteiger partial charge in [0.2, 0.25) is 0 Å². The van der Waals surface area contributed by atoms with Crippen LogP contribution >= 0.6 is 22.6 Å². The van der Waals surface area contributed by atoms with Gasteiger partial charge in [-0.15, -0.1) is 0 Å². The first kappa shape index (κ1) is 14.1. The first-order valence-corrected chi connectivity index (χ1v) is 8.12. The summed E-state index contributed by atoms with van der Waals surface area (Å²) in [4.78, 5) is 14.2. The minimum absolute atomic E-state index is 0.0386. The van der Waals surface area contributed by atoms with Crippen molar-refractivity contribution in [2.24, 2.45) is 0 Å². The molecule has 0 spiro atoms. The van der Waals surface area contributed by atoms with Crippen molar-refractivity contribution in [3.05, 3.63) is 21.8 Å². The Morgan fingerprint density at radius 1 is 1.45 bits per heavy atom. The first-order chi connectivity index (χ1) is 9.65. The van der Waals surface area contributed by atoms with Crippen molar-refractivity contribution in [1.29, 1.82) is 0 Å². The molecule has 4 nitrogen and oxygen atoms in total. The fraction of sp³-hybridized carbons (Fsp3) is 0.533. The lowest BCUT2D eigenvalue weighted by Gasteiger charge is -2.33. The van der Waals surface area contributed by atoms with Crippen molar-refractivity contribution >= 4 is 34.2 Å². The third-order valence-corrected chi connectivity index (χ3v) is 4.50. The highest BCUT2D eigenvalue weighted by Crippen LogP contribution is 2.35. The molecule has 0 aliphatic carbocycles. The molecule has 0 bridgehead atoms. The highest BCUT2D eigenvalue weighted by atomic mass is 127. The molecule has 2 aliphatic heterocycles. The van der Waals surface area contributed by atoms with Crippen LogP contribution in [0, 0.1) is 3.57 Å². The highest BCUT2D eigenvalue weighted by molar-refractivity contribution is 14.1. The van der Waals surface area contributed by atoms with Gasteiger partial charge in [-0.25, -0.2) is 0 Å². The van der Waals surface area contributed by atoms with E-state index in [-0.39, 0.29) is 5.91 Å². The van der Waals surface area contributed by atoms with Crippen LogP contribution in [0.2, 0.25) is 0 Å². The topological polar surface area (TPSA) is 38.8 Å². The number of ether oxygens (including phenoxy) is 2. The molecule has 1 aromatic carbocycles. The molecule has 1 amide bonds. The molecule has 1 aromatic rings. The number of benzene rings is 1. The van der Waals surface area contributed by atoms with Gasteiger partial charge in [-0.2, -0.15) is 0 Å². The van der Waals surface area contributed by atoms with E-state index in [0.29, 0.717) is 12.6 Å². The predicted octanol–water partition coefficient (Wildman–Crippen LogP) is 2.97. The normalized spacial score (nSPS) is 25.5. The molecule has 2 aliphatic rings. The fourth-order valence-corrected chi connectivity index (χ4v) is 3.22. The molecule has 108 valence electrons. The standard InChI is InChI=1S/C15H18INO3/c1-10-15(18)17(7-6-12-3-2-8-19-12)13-5-4-11(16)9-14(13)20-10/h4-5,9-10,12H,2-3,6-8H2,1H3. The number of amides is 1. The summed E-state index contributed by atoms with van der Waals surface area (Å²) in [5.74, 6) is 0.841. The quantitative estimate of drug-likeness (QED) is 0.749. The average molecular weight is 387 g/mol. The van der Waals surface area contributed by atoms with Crippen molar-refractivity contribution in [3.8, 4) is 5.75 Å². The Balaban J connectivity index is 1.79. The van der Waals surface area contributed by atoms with Crippen LogP contribution < -0.4 is 9.64 Å². The molecule has 0 N–H and O–H groups in total. The molecule has 3 rings (SSSR count). The Kier molecular flexibility index (Phi) is 4.16. The molecule has 0 saturated carbocycles. The summed E-state index contributed by atoms with van der Waals surface area (Å²) in [6.07, 6.45) is 3.02. The SMILES string of the molecule is CC1Oc2cc(I)ccc2N(CCC2CCCO2)C1=O. The maximum absolute atomic E-state index is 12.3. The van der Waals surface area contributed by atoms with Gasteiger partial charge in [-0.05, 0) is 67.0 Å². The third-order valence-electron chi connectivity index (χ3n) is 3.83. The number of fused-ring (bicyclic) bond motifs is 1. The second-order valence-electron chi connectivity index (χ2n) is 5.29. The molecular formula is C15H18INO3. The van der Waals surface area contributed by atoms with Crippen LogP contribution in [0.25, 0.3) is 0 Å². The molecule has 2 heterocycles. The van der Waals surface area contributed by atoms with E-state index in [2.05, 4.69) is 22.6 Å². The van der Waals surface area contributed by atoms with E-state index in [1.54, 1.807) is 0 Å². The smallest absolute Gasteiger partial charge is 0.267 e. The molecule has 5 heteroatoms. The maximum Gasteiger partial charge on any atom is 0.267 e. The zero-order valence-corrected chi connectivity index (χ0v) is 13.6. The van der Waals surface area contributed by atoms with Gasteiger partial charge in [0.1, 0.15) is 5.75 Å². The molecule has 0 radical (unpaired) electrons. The van der Waals surface area contributed by atoms with Gasteiger partial charge in [-0.3, -0.25) is 4.79 Å². The van der Waals surface area contributed by atoms with Crippen LogP contribution in [0.15, 0.2) is 18.2 Å². The van der Waals surface area contributed by atoms with E-state index in [1.807, 2.05) is 30.0 Å². The molecule has 20 heavy (non-hydrogen) atoms. The molecule has 0 aromatic heterocycles. The summed E-state index contributed by atoms with van der Waals surface area (Å²) in [6.45, 7) is 3.36. The Morgan fingerprint density at radius 2 is 2.30 bits per heavy atom. The van der Waals surface area contributed by atoms with E-state index in [0.717, 1.165) is 40.9 Å². The van der Waals surface area contributed by atoms with Crippen LogP contribution in [0.3, 0.4) is 0 Å². The van der Waals surface area contributed by atoms with Gasteiger partial charge in [0.05, 0.1) is 11.8 Å². The van der Waals surface area contributed by atoms with Crippen molar-refractivity contribution < 1.29 is 14.3 Å². The lowest BCUT2D eigenvalue weighted by molar-refractivity contribution is -0.125. The summed E-state index contributed by atoms with van der Waals surface area (Å²) >= 11 is 2.25. The lowest BCUT2D eigenvalue weighted by Crippen LogP contribution is -2.45. The number of rotatable bonds is 3. The lowest BCUT2D eigenvalue weighted by atomic mass is 10.1. The Bertz CT molecular complexity index is 514. The van der Waals surface area contributed by atoms with Gasteiger partial charge in [0.25, 0.3) is 5.91 Å².